The van der Waals surface area contributed by atoms with Gasteiger partial charge in [-0.05, 0) is 23.1 Å². The SMILES string of the molecule is CCN(CCC(=O)O)Cc1ccc(C(C)(C)C)cc1. The second-order valence-electron chi connectivity index (χ2n) is 5.96. The Kier molecular flexibility index (Phi) is 5.55. The van der Waals surface area contributed by atoms with Crippen LogP contribution in [0.1, 0.15) is 45.2 Å². The van der Waals surface area contributed by atoms with Gasteiger partial charge in [-0.2, -0.15) is 0 Å². The van der Waals surface area contributed by atoms with E-state index in [0.29, 0.717) is 6.54 Å². The number of carboxylic acids is 1. The molecule has 0 amide bonds. The van der Waals surface area contributed by atoms with Gasteiger partial charge < -0.3 is 5.11 Å². The summed E-state index contributed by atoms with van der Waals surface area (Å²) in [5, 5.41) is 8.72. The summed E-state index contributed by atoms with van der Waals surface area (Å²) >= 11 is 0. The monoisotopic (exact) mass is 263 g/mol. The first-order valence-corrected chi connectivity index (χ1v) is 6.86. The van der Waals surface area contributed by atoms with E-state index in [4.69, 9.17) is 5.11 Å². The molecule has 1 rings (SSSR count). The van der Waals surface area contributed by atoms with Crippen molar-refractivity contribution in [1.82, 2.24) is 4.90 Å². The van der Waals surface area contributed by atoms with Gasteiger partial charge in [-0.1, -0.05) is 52.0 Å². The molecule has 0 spiro atoms. The quantitative estimate of drug-likeness (QED) is 0.856. The summed E-state index contributed by atoms with van der Waals surface area (Å²) in [4.78, 5) is 12.8. The smallest absolute Gasteiger partial charge is 0.304 e. The zero-order chi connectivity index (χ0) is 14.5. The van der Waals surface area contributed by atoms with Crippen LogP contribution < -0.4 is 0 Å². The average molecular weight is 263 g/mol. The van der Waals surface area contributed by atoms with Crippen LogP contribution in [0.4, 0.5) is 0 Å². The number of carbonyl (C=O) groups is 1. The van der Waals surface area contributed by atoms with E-state index >= 15 is 0 Å². The number of hydrogen-bond acceptors (Lipinski definition) is 2. The third kappa shape index (κ3) is 5.43. The number of aliphatic carboxylic acids is 1. The molecule has 1 aromatic rings. The number of nitrogens with zero attached hydrogens (tertiary/aromatic N) is 1. The molecular formula is C16H25NO2. The molecule has 0 unspecified atom stereocenters. The first-order chi connectivity index (χ1) is 8.82. The summed E-state index contributed by atoms with van der Waals surface area (Å²) in [6.07, 6.45) is 0.202. The molecule has 1 aromatic carbocycles. The lowest BCUT2D eigenvalue weighted by atomic mass is 9.87. The molecule has 19 heavy (non-hydrogen) atoms. The third-order valence-corrected chi connectivity index (χ3v) is 3.32. The summed E-state index contributed by atoms with van der Waals surface area (Å²) in [7, 11) is 0. The van der Waals surface area contributed by atoms with E-state index in [2.05, 4.69) is 56.9 Å². The van der Waals surface area contributed by atoms with Crippen molar-refractivity contribution in [2.24, 2.45) is 0 Å². The van der Waals surface area contributed by atoms with Gasteiger partial charge in [0.25, 0.3) is 0 Å². The van der Waals surface area contributed by atoms with E-state index in [-0.39, 0.29) is 11.8 Å². The lowest BCUT2D eigenvalue weighted by Crippen LogP contribution is -2.25. The molecule has 0 heterocycles. The fraction of sp³-hybridized carbons (Fsp3) is 0.562. The minimum Gasteiger partial charge on any atom is -0.481 e. The van der Waals surface area contributed by atoms with Crippen LogP contribution in [0.15, 0.2) is 24.3 Å². The van der Waals surface area contributed by atoms with Crippen molar-refractivity contribution in [3.63, 3.8) is 0 Å². The molecule has 0 saturated carbocycles. The van der Waals surface area contributed by atoms with Gasteiger partial charge in [0.2, 0.25) is 0 Å². The van der Waals surface area contributed by atoms with Crippen molar-refractivity contribution >= 4 is 5.97 Å². The normalized spacial score (nSPS) is 11.8. The van der Waals surface area contributed by atoms with Crippen molar-refractivity contribution in [3.8, 4) is 0 Å². The topological polar surface area (TPSA) is 40.5 Å². The van der Waals surface area contributed by atoms with E-state index in [0.717, 1.165) is 13.1 Å². The Bertz CT molecular complexity index is 404. The predicted octanol–water partition coefficient (Wildman–Crippen LogP) is 3.28. The molecule has 3 heteroatoms. The highest BCUT2D eigenvalue weighted by molar-refractivity contribution is 5.66. The van der Waals surface area contributed by atoms with E-state index in [1.165, 1.54) is 11.1 Å². The number of rotatable bonds is 6. The molecule has 1 N–H and O–H groups in total. The highest BCUT2D eigenvalue weighted by Crippen LogP contribution is 2.22. The molecule has 0 radical (unpaired) electrons. The number of carboxylic acid groups (broad SMARTS) is 1. The highest BCUT2D eigenvalue weighted by Gasteiger charge is 2.13. The van der Waals surface area contributed by atoms with Gasteiger partial charge in [0.15, 0.2) is 0 Å². The molecule has 0 aliphatic heterocycles. The van der Waals surface area contributed by atoms with Crippen LogP contribution in [-0.2, 0) is 16.8 Å². The third-order valence-electron chi connectivity index (χ3n) is 3.32. The Morgan fingerprint density at radius 1 is 1.21 bits per heavy atom. The highest BCUT2D eigenvalue weighted by atomic mass is 16.4. The van der Waals surface area contributed by atoms with Crippen LogP contribution in [-0.4, -0.2) is 29.1 Å². The van der Waals surface area contributed by atoms with E-state index in [1.807, 2.05) is 0 Å². The maximum absolute atomic E-state index is 10.6. The average Bonchev–Trinajstić information content (AvgIpc) is 2.33. The van der Waals surface area contributed by atoms with Crippen molar-refractivity contribution in [3.05, 3.63) is 35.4 Å². The maximum Gasteiger partial charge on any atom is 0.304 e. The molecule has 0 aliphatic rings. The van der Waals surface area contributed by atoms with Crippen LogP contribution in [0, 0.1) is 0 Å². The Hall–Kier alpha value is -1.35. The molecule has 0 atom stereocenters. The van der Waals surface area contributed by atoms with Crippen LogP contribution in [0.3, 0.4) is 0 Å². The molecule has 0 bridgehead atoms. The Labute approximate surface area is 116 Å². The standard InChI is InChI=1S/C16H25NO2/c1-5-17(11-10-15(18)19)12-13-6-8-14(9-7-13)16(2,3)4/h6-9H,5,10-12H2,1-4H3,(H,18,19). The Balaban J connectivity index is 2.63. The Morgan fingerprint density at radius 3 is 2.21 bits per heavy atom. The van der Waals surface area contributed by atoms with Crippen LogP contribution >= 0.6 is 0 Å². The molecule has 0 aliphatic carbocycles. The second kappa shape index (κ2) is 6.71. The summed E-state index contributed by atoms with van der Waals surface area (Å²) in [6.45, 7) is 11.0. The minimum absolute atomic E-state index is 0.173. The zero-order valence-electron chi connectivity index (χ0n) is 12.4. The van der Waals surface area contributed by atoms with Crippen molar-refractivity contribution < 1.29 is 9.90 Å². The maximum atomic E-state index is 10.6. The first-order valence-electron chi connectivity index (χ1n) is 6.86. The number of hydrogen-bond donors (Lipinski definition) is 1. The summed E-state index contributed by atoms with van der Waals surface area (Å²) in [6, 6.07) is 8.62. The number of benzene rings is 1. The van der Waals surface area contributed by atoms with Gasteiger partial charge in [0.05, 0.1) is 6.42 Å². The van der Waals surface area contributed by atoms with Gasteiger partial charge in [0.1, 0.15) is 0 Å². The van der Waals surface area contributed by atoms with Crippen LogP contribution in [0.5, 0.6) is 0 Å². The fourth-order valence-electron chi connectivity index (χ4n) is 1.97. The van der Waals surface area contributed by atoms with Crippen LogP contribution in [0.2, 0.25) is 0 Å². The van der Waals surface area contributed by atoms with Gasteiger partial charge >= 0.3 is 5.97 Å². The molecular weight excluding hydrogens is 238 g/mol. The predicted molar refractivity (Wildman–Crippen MR) is 78.3 cm³/mol. The van der Waals surface area contributed by atoms with Crippen molar-refractivity contribution in [2.45, 2.75) is 46.1 Å². The van der Waals surface area contributed by atoms with Crippen LogP contribution in [0.25, 0.3) is 0 Å². The largest absolute Gasteiger partial charge is 0.481 e. The minimum atomic E-state index is -0.735. The zero-order valence-corrected chi connectivity index (χ0v) is 12.4. The van der Waals surface area contributed by atoms with E-state index in [9.17, 15) is 4.79 Å². The first kappa shape index (κ1) is 15.7. The second-order valence-corrected chi connectivity index (χ2v) is 5.96. The molecule has 3 nitrogen and oxygen atoms in total. The van der Waals surface area contributed by atoms with Gasteiger partial charge in [-0.3, -0.25) is 9.69 Å². The van der Waals surface area contributed by atoms with Gasteiger partial charge in [-0.25, -0.2) is 0 Å². The summed E-state index contributed by atoms with van der Waals surface area (Å²) in [5.41, 5.74) is 2.73. The summed E-state index contributed by atoms with van der Waals surface area (Å²) < 4.78 is 0. The molecule has 106 valence electrons. The van der Waals surface area contributed by atoms with Crippen molar-refractivity contribution in [2.75, 3.05) is 13.1 Å². The Morgan fingerprint density at radius 2 is 1.79 bits per heavy atom. The summed E-state index contributed by atoms with van der Waals surface area (Å²) in [5.74, 6) is -0.735. The molecule has 0 saturated heterocycles. The lowest BCUT2D eigenvalue weighted by molar-refractivity contribution is -0.137. The van der Waals surface area contributed by atoms with Gasteiger partial charge in [-0.15, -0.1) is 0 Å². The molecule has 0 fully saturated rings. The van der Waals surface area contributed by atoms with Crippen molar-refractivity contribution in [1.29, 1.82) is 0 Å². The fourth-order valence-corrected chi connectivity index (χ4v) is 1.97. The lowest BCUT2D eigenvalue weighted by Gasteiger charge is -2.22. The molecule has 0 aromatic heterocycles. The van der Waals surface area contributed by atoms with E-state index < -0.39 is 5.97 Å². The van der Waals surface area contributed by atoms with E-state index in [1.54, 1.807) is 0 Å². The van der Waals surface area contributed by atoms with Gasteiger partial charge in [0, 0.05) is 13.1 Å².